The van der Waals surface area contributed by atoms with Gasteiger partial charge in [-0.3, -0.25) is 19.9 Å². The maximum absolute atomic E-state index is 4.90. The topological polar surface area (TPSA) is 41.9 Å². The van der Waals surface area contributed by atoms with Crippen molar-refractivity contribution in [1.82, 2.24) is 19.9 Å². The van der Waals surface area contributed by atoms with E-state index in [0.717, 1.165) is 30.2 Å². The number of hydrogen-bond donors (Lipinski definition) is 0. The molecule has 3 aromatic rings. The molecular weight excluding hydrogens is 545 g/mol. The van der Waals surface area contributed by atoms with Gasteiger partial charge >= 0.3 is 34.7 Å². The van der Waals surface area contributed by atoms with E-state index < -0.39 is 15.4 Å². The van der Waals surface area contributed by atoms with E-state index >= 15 is 0 Å². The fourth-order valence-electron chi connectivity index (χ4n) is 2.04. The molecule has 0 aliphatic rings. The van der Waals surface area contributed by atoms with Crippen molar-refractivity contribution in [1.29, 1.82) is 0 Å². The number of aromatic nitrogens is 3. The molecule has 3 rings (SSSR count). The molecule has 0 aliphatic carbocycles. The minimum atomic E-state index is -0.639. The molecule has 0 N–H and O–H groups in total. The Balaban J connectivity index is 0.000000280. The summed E-state index contributed by atoms with van der Waals surface area (Å²) >= 11 is -0.639. The first-order valence-electron chi connectivity index (χ1n) is 7.87. The molecule has 7 heteroatoms. The maximum atomic E-state index is 4.90. The van der Waals surface area contributed by atoms with Crippen LogP contribution in [0.15, 0.2) is 73.2 Å². The molecule has 0 saturated heterocycles. The molecule has 0 radical (unpaired) electrons. The van der Waals surface area contributed by atoms with Crippen LogP contribution < -0.4 is 0 Å². The van der Waals surface area contributed by atoms with Gasteiger partial charge < -0.3 is 0 Å². The summed E-state index contributed by atoms with van der Waals surface area (Å²) in [5.41, 5.74) is 3.24. The second-order valence-electron chi connectivity index (χ2n) is 5.34. The Morgan fingerprint density at radius 1 is 0.769 bits per heavy atom. The molecule has 0 unspecified atom stereocenters. The quantitative estimate of drug-likeness (QED) is 0.451. The third kappa shape index (κ3) is 11.3. The molecule has 0 amide bonds. The first-order chi connectivity index (χ1) is 12.7. The molecule has 0 fully saturated rings. The van der Waals surface area contributed by atoms with Crippen LogP contribution in [0.4, 0.5) is 0 Å². The Kier molecular flexibility index (Phi) is 12.9. The molecule has 4 nitrogen and oxygen atoms in total. The number of pyridine rings is 3. The van der Waals surface area contributed by atoms with Gasteiger partial charge in [0.05, 0.1) is 11.4 Å². The summed E-state index contributed by atoms with van der Waals surface area (Å²) < 4.78 is 0. The minimum absolute atomic E-state index is 0.639. The van der Waals surface area contributed by atoms with E-state index in [9.17, 15) is 0 Å². The first-order valence-corrected chi connectivity index (χ1v) is 14.2. The van der Waals surface area contributed by atoms with E-state index in [1.165, 1.54) is 0 Å². The van der Waals surface area contributed by atoms with E-state index in [1.807, 2.05) is 73.9 Å². The van der Waals surface area contributed by atoms with E-state index in [-0.39, 0.29) is 0 Å². The number of rotatable bonds is 4. The monoisotopic (exact) mass is 568 g/mol. The van der Waals surface area contributed by atoms with E-state index in [2.05, 4.69) is 26.9 Å². The molecule has 0 bridgehead atoms. The third-order valence-corrected chi connectivity index (χ3v) is 3.13. The molecule has 0 aliphatic heterocycles. The zero-order chi connectivity index (χ0) is 19.0. The number of aryl methyl sites for hydroxylation is 1. The van der Waals surface area contributed by atoms with Crippen LogP contribution in [-0.2, 0) is 28.5 Å². The van der Waals surface area contributed by atoms with E-state index in [0.29, 0.717) is 0 Å². The van der Waals surface area contributed by atoms with Crippen LogP contribution in [0.2, 0.25) is 0 Å². The SMILES string of the molecule is CN(Cc1ccccn1)Cc1ccccn1.Cc1ccccn1.[Cl][Os][Cl]. The predicted molar refractivity (Wildman–Crippen MR) is 104 cm³/mol. The second-order valence-corrected chi connectivity index (χ2v) is 9.01. The van der Waals surface area contributed by atoms with Crippen molar-refractivity contribution in [2.75, 3.05) is 7.05 Å². The zero-order valence-corrected chi connectivity index (χ0v) is 18.8. The molecule has 26 heavy (non-hydrogen) atoms. The van der Waals surface area contributed by atoms with Gasteiger partial charge in [0.25, 0.3) is 0 Å². The predicted octanol–water partition coefficient (Wildman–Crippen LogP) is 4.88. The average Bonchev–Trinajstić information content (AvgIpc) is 2.65. The fourth-order valence-corrected chi connectivity index (χ4v) is 2.04. The van der Waals surface area contributed by atoms with Crippen molar-refractivity contribution in [3.63, 3.8) is 0 Å². The first kappa shape index (κ1) is 22.7. The van der Waals surface area contributed by atoms with Gasteiger partial charge in [-0.1, -0.05) is 18.2 Å². The molecule has 3 aromatic heterocycles. The Bertz CT molecular complexity index is 646. The van der Waals surface area contributed by atoms with Crippen molar-refractivity contribution < 1.29 is 15.4 Å². The van der Waals surface area contributed by atoms with Crippen LogP contribution in [0.1, 0.15) is 17.1 Å². The van der Waals surface area contributed by atoms with Crippen LogP contribution in [-0.4, -0.2) is 26.9 Å². The molecule has 140 valence electrons. The molecule has 0 atom stereocenters. The zero-order valence-electron chi connectivity index (χ0n) is 14.7. The molecule has 0 saturated carbocycles. The molecule has 0 spiro atoms. The second kappa shape index (κ2) is 14.8. The summed E-state index contributed by atoms with van der Waals surface area (Å²) in [5.74, 6) is 0. The van der Waals surface area contributed by atoms with E-state index in [4.69, 9.17) is 19.3 Å². The third-order valence-electron chi connectivity index (χ3n) is 3.13. The fraction of sp³-hybridized carbons (Fsp3) is 0.211. The van der Waals surface area contributed by atoms with Crippen LogP contribution >= 0.6 is 19.3 Å². The summed E-state index contributed by atoms with van der Waals surface area (Å²) in [6, 6.07) is 17.8. The summed E-state index contributed by atoms with van der Waals surface area (Å²) in [4.78, 5) is 14.8. The van der Waals surface area contributed by atoms with Crippen LogP contribution in [0.25, 0.3) is 0 Å². The Hall–Kier alpha value is -1.37. The van der Waals surface area contributed by atoms with Crippen LogP contribution in [0, 0.1) is 6.92 Å². The summed E-state index contributed by atoms with van der Waals surface area (Å²) in [7, 11) is 11.9. The Morgan fingerprint density at radius 3 is 1.46 bits per heavy atom. The van der Waals surface area contributed by atoms with Crippen molar-refractivity contribution in [3.05, 3.63) is 90.3 Å². The Morgan fingerprint density at radius 2 is 1.19 bits per heavy atom. The van der Waals surface area contributed by atoms with Gasteiger partial charge in [-0.15, -0.1) is 0 Å². The van der Waals surface area contributed by atoms with E-state index in [1.54, 1.807) is 6.20 Å². The van der Waals surface area contributed by atoms with Crippen molar-refractivity contribution in [3.8, 4) is 0 Å². The van der Waals surface area contributed by atoms with Gasteiger partial charge in [-0.2, -0.15) is 0 Å². The summed E-state index contributed by atoms with van der Waals surface area (Å²) in [6.45, 7) is 3.66. The molecule has 0 aromatic carbocycles. The van der Waals surface area contributed by atoms with Gasteiger partial charge in [-0.25, -0.2) is 0 Å². The van der Waals surface area contributed by atoms with Gasteiger partial charge in [0.1, 0.15) is 0 Å². The van der Waals surface area contributed by atoms with Gasteiger partial charge in [0.2, 0.25) is 0 Å². The summed E-state index contributed by atoms with van der Waals surface area (Å²) in [6.07, 6.45) is 5.43. The Labute approximate surface area is 171 Å². The van der Waals surface area contributed by atoms with Crippen molar-refractivity contribution >= 4 is 19.3 Å². The van der Waals surface area contributed by atoms with Gasteiger partial charge in [0.15, 0.2) is 0 Å². The van der Waals surface area contributed by atoms with Crippen molar-refractivity contribution in [2.24, 2.45) is 0 Å². The number of nitrogens with zero attached hydrogens (tertiary/aromatic N) is 4. The number of halogens is 2. The van der Waals surface area contributed by atoms with Crippen molar-refractivity contribution in [2.45, 2.75) is 20.0 Å². The van der Waals surface area contributed by atoms with Gasteiger partial charge in [-0.05, 0) is 50.4 Å². The summed E-state index contributed by atoms with van der Waals surface area (Å²) in [5, 5.41) is 0. The molecule has 3 heterocycles. The van der Waals surface area contributed by atoms with Gasteiger partial charge in [0, 0.05) is 37.4 Å². The van der Waals surface area contributed by atoms with Crippen LogP contribution in [0.3, 0.4) is 0 Å². The molecular formula is C19H22Cl2N4Os. The standard InChI is InChI=1S/C13H15N3.C6H7N.2ClH.Os/c1-16(10-12-6-2-4-8-14-12)11-13-7-3-5-9-15-13;1-6-4-2-3-5-7-6;;;/h2-9H,10-11H2,1H3;2-5H,1H3;2*1H;/q;;;;+2/p-2. The van der Waals surface area contributed by atoms with Crippen LogP contribution in [0.5, 0.6) is 0 Å². The number of hydrogen-bond acceptors (Lipinski definition) is 4. The normalized spacial score (nSPS) is 9.73. The average molecular weight is 568 g/mol.